The van der Waals surface area contributed by atoms with Gasteiger partial charge in [-0.05, 0) is 30.7 Å². The summed E-state index contributed by atoms with van der Waals surface area (Å²) in [7, 11) is 0. The smallest absolute Gasteiger partial charge is 0.328 e. The van der Waals surface area contributed by atoms with Crippen LogP contribution in [0.5, 0.6) is 0 Å². The molecule has 0 spiro atoms. The summed E-state index contributed by atoms with van der Waals surface area (Å²) in [4.78, 5) is 37.3. The van der Waals surface area contributed by atoms with E-state index in [0.29, 0.717) is 17.7 Å². The second-order valence-electron chi connectivity index (χ2n) is 7.75. The van der Waals surface area contributed by atoms with Gasteiger partial charge in [0.2, 0.25) is 5.91 Å². The molecule has 0 saturated heterocycles. The molecule has 6 heteroatoms. The summed E-state index contributed by atoms with van der Waals surface area (Å²) in [5, 5.41) is 5.55. The Morgan fingerprint density at radius 1 is 1.00 bits per heavy atom. The molecule has 0 aliphatic heterocycles. The zero-order valence-corrected chi connectivity index (χ0v) is 17.3. The molecule has 2 rings (SSSR count). The molecule has 2 aromatic rings. The van der Waals surface area contributed by atoms with Crippen LogP contribution < -0.4 is 10.6 Å². The first-order valence-electron chi connectivity index (χ1n) is 9.63. The Labute approximate surface area is 171 Å². The van der Waals surface area contributed by atoms with Crippen LogP contribution in [0.25, 0.3) is 0 Å². The normalized spacial score (nSPS) is 12.0. The molecule has 0 aliphatic carbocycles. The zero-order chi connectivity index (χ0) is 21.4. The molecule has 6 nitrogen and oxygen atoms in total. The van der Waals surface area contributed by atoms with Gasteiger partial charge in [0, 0.05) is 23.1 Å². The van der Waals surface area contributed by atoms with E-state index >= 15 is 0 Å². The third kappa shape index (κ3) is 6.75. The van der Waals surface area contributed by atoms with Crippen molar-refractivity contribution in [3.05, 3.63) is 65.7 Å². The monoisotopic (exact) mass is 396 g/mol. The van der Waals surface area contributed by atoms with Crippen molar-refractivity contribution in [2.75, 3.05) is 11.9 Å². The van der Waals surface area contributed by atoms with Gasteiger partial charge in [-0.1, -0.05) is 57.2 Å². The predicted octanol–water partition coefficient (Wildman–Crippen LogP) is 3.58. The number of rotatable bonds is 7. The van der Waals surface area contributed by atoms with E-state index in [0.717, 1.165) is 5.56 Å². The summed E-state index contributed by atoms with van der Waals surface area (Å²) < 4.78 is 5.12. The molecule has 2 amide bonds. The minimum atomic E-state index is -0.808. The summed E-state index contributed by atoms with van der Waals surface area (Å²) >= 11 is 0. The molecule has 2 N–H and O–H groups in total. The lowest BCUT2D eigenvalue weighted by molar-refractivity contribution is -0.145. The van der Waals surface area contributed by atoms with E-state index in [9.17, 15) is 14.4 Å². The van der Waals surface area contributed by atoms with Gasteiger partial charge in [-0.15, -0.1) is 0 Å². The Hall–Kier alpha value is -3.15. The summed E-state index contributed by atoms with van der Waals surface area (Å²) in [5.41, 5.74) is 1.23. The van der Waals surface area contributed by atoms with Crippen LogP contribution in [0.2, 0.25) is 0 Å². The minimum absolute atomic E-state index is 0.150. The number of amides is 2. The number of carbonyl (C=O) groups is 3. The first kappa shape index (κ1) is 22.1. The third-order valence-corrected chi connectivity index (χ3v) is 4.22. The third-order valence-electron chi connectivity index (χ3n) is 4.22. The Morgan fingerprint density at radius 3 is 2.31 bits per heavy atom. The van der Waals surface area contributed by atoms with E-state index < -0.39 is 23.3 Å². The van der Waals surface area contributed by atoms with Crippen LogP contribution in [0.3, 0.4) is 0 Å². The largest absolute Gasteiger partial charge is 0.464 e. The molecule has 0 radical (unpaired) electrons. The van der Waals surface area contributed by atoms with Gasteiger partial charge in [0.15, 0.2) is 0 Å². The number of esters is 1. The Kier molecular flexibility index (Phi) is 7.53. The second-order valence-corrected chi connectivity index (χ2v) is 7.75. The van der Waals surface area contributed by atoms with Crippen LogP contribution in [0.1, 0.15) is 43.6 Å². The van der Waals surface area contributed by atoms with Gasteiger partial charge in [0.25, 0.3) is 5.91 Å². The van der Waals surface area contributed by atoms with E-state index in [-0.39, 0.29) is 12.5 Å². The van der Waals surface area contributed by atoms with Gasteiger partial charge >= 0.3 is 5.97 Å². The molecule has 29 heavy (non-hydrogen) atoms. The minimum Gasteiger partial charge on any atom is -0.464 e. The highest BCUT2D eigenvalue weighted by atomic mass is 16.5. The number of ether oxygens (including phenoxy) is 1. The van der Waals surface area contributed by atoms with Crippen LogP contribution in [0.15, 0.2) is 54.6 Å². The number of nitrogens with one attached hydrogen (secondary N) is 2. The molecule has 0 heterocycles. The molecule has 0 bridgehead atoms. The summed E-state index contributed by atoms with van der Waals surface area (Å²) in [5.74, 6) is -1.05. The van der Waals surface area contributed by atoms with Gasteiger partial charge in [0.05, 0.1) is 6.61 Å². The van der Waals surface area contributed by atoms with Crippen molar-refractivity contribution in [2.45, 2.75) is 40.2 Å². The Bertz CT molecular complexity index is 857. The summed E-state index contributed by atoms with van der Waals surface area (Å²) in [6, 6.07) is 15.2. The average Bonchev–Trinajstić information content (AvgIpc) is 2.68. The Morgan fingerprint density at radius 2 is 1.69 bits per heavy atom. The predicted molar refractivity (Wildman–Crippen MR) is 113 cm³/mol. The SMILES string of the molecule is CCOC(=O)[C@H](Cc1ccccc1)NC(=O)c1cccc(NC(=O)C(C)(C)C)c1. The van der Waals surface area contributed by atoms with Crippen LogP contribution in [-0.4, -0.2) is 30.4 Å². The number of benzene rings is 2. The second kappa shape index (κ2) is 9.87. The van der Waals surface area contributed by atoms with Crippen molar-refractivity contribution in [1.82, 2.24) is 5.32 Å². The lowest BCUT2D eigenvalue weighted by atomic mass is 9.95. The van der Waals surface area contributed by atoms with Crippen molar-refractivity contribution >= 4 is 23.5 Å². The molecule has 154 valence electrons. The number of hydrogen-bond donors (Lipinski definition) is 2. The van der Waals surface area contributed by atoms with Crippen LogP contribution >= 0.6 is 0 Å². The quantitative estimate of drug-likeness (QED) is 0.701. The standard InChI is InChI=1S/C23H28N2O4/c1-5-29-21(27)19(14-16-10-7-6-8-11-16)25-20(26)17-12-9-13-18(15-17)24-22(28)23(2,3)4/h6-13,15,19H,5,14H2,1-4H3,(H,24,28)(H,25,26)/t19-/m0/s1. The first-order valence-corrected chi connectivity index (χ1v) is 9.63. The van der Waals surface area contributed by atoms with Crippen molar-refractivity contribution in [2.24, 2.45) is 5.41 Å². The van der Waals surface area contributed by atoms with Gasteiger partial charge in [-0.2, -0.15) is 0 Å². The molecule has 0 aliphatic rings. The maximum absolute atomic E-state index is 12.8. The highest BCUT2D eigenvalue weighted by molar-refractivity contribution is 5.99. The Balaban J connectivity index is 2.15. The molecule has 0 unspecified atom stereocenters. The summed E-state index contributed by atoms with van der Waals surface area (Å²) in [6.07, 6.45) is 0.325. The van der Waals surface area contributed by atoms with Crippen molar-refractivity contribution in [3.63, 3.8) is 0 Å². The van der Waals surface area contributed by atoms with E-state index in [1.54, 1.807) is 31.2 Å². The number of anilines is 1. The maximum atomic E-state index is 12.8. The molecular weight excluding hydrogens is 368 g/mol. The van der Waals surface area contributed by atoms with Crippen molar-refractivity contribution in [3.8, 4) is 0 Å². The van der Waals surface area contributed by atoms with Crippen molar-refractivity contribution < 1.29 is 19.1 Å². The van der Waals surface area contributed by atoms with Crippen molar-refractivity contribution in [1.29, 1.82) is 0 Å². The van der Waals surface area contributed by atoms with E-state index in [1.165, 1.54) is 0 Å². The highest BCUT2D eigenvalue weighted by Gasteiger charge is 2.24. The maximum Gasteiger partial charge on any atom is 0.328 e. The van der Waals surface area contributed by atoms with E-state index in [2.05, 4.69) is 10.6 Å². The van der Waals surface area contributed by atoms with Gasteiger partial charge in [-0.25, -0.2) is 4.79 Å². The lowest BCUT2D eigenvalue weighted by Gasteiger charge is -2.19. The summed E-state index contributed by atoms with van der Waals surface area (Å²) in [6.45, 7) is 7.39. The molecule has 1 atom stereocenters. The number of carbonyl (C=O) groups excluding carboxylic acids is 3. The average molecular weight is 396 g/mol. The molecule has 0 fully saturated rings. The first-order chi connectivity index (χ1) is 13.7. The van der Waals surface area contributed by atoms with Gasteiger partial charge < -0.3 is 15.4 Å². The number of hydrogen-bond acceptors (Lipinski definition) is 4. The molecule has 0 saturated carbocycles. The fraction of sp³-hybridized carbons (Fsp3) is 0.348. The van der Waals surface area contributed by atoms with Crippen LogP contribution in [-0.2, 0) is 20.7 Å². The van der Waals surface area contributed by atoms with E-state index in [1.807, 2.05) is 51.1 Å². The zero-order valence-electron chi connectivity index (χ0n) is 17.3. The van der Waals surface area contributed by atoms with Crippen LogP contribution in [0.4, 0.5) is 5.69 Å². The lowest BCUT2D eigenvalue weighted by Crippen LogP contribution is -2.43. The molecule has 2 aromatic carbocycles. The fourth-order valence-electron chi connectivity index (χ4n) is 2.58. The molecule has 0 aromatic heterocycles. The van der Waals surface area contributed by atoms with Crippen LogP contribution in [0, 0.1) is 5.41 Å². The molecular formula is C23H28N2O4. The van der Waals surface area contributed by atoms with Gasteiger partial charge in [-0.3, -0.25) is 9.59 Å². The van der Waals surface area contributed by atoms with Gasteiger partial charge in [0.1, 0.15) is 6.04 Å². The topological polar surface area (TPSA) is 84.5 Å². The highest BCUT2D eigenvalue weighted by Crippen LogP contribution is 2.18. The van der Waals surface area contributed by atoms with E-state index in [4.69, 9.17) is 4.74 Å². The fourth-order valence-corrected chi connectivity index (χ4v) is 2.58.